The van der Waals surface area contributed by atoms with Crippen molar-refractivity contribution in [2.24, 2.45) is 7.05 Å². The molecule has 0 aliphatic rings. The number of aldehydes is 1. The van der Waals surface area contributed by atoms with Crippen molar-refractivity contribution in [3.63, 3.8) is 0 Å². The molecular weight excluding hydrogens is 164 g/mol. The zero-order valence-electron chi connectivity index (χ0n) is 7.40. The Balaban J connectivity index is 2.56. The van der Waals surface area contributed by atoms with Crippen molar-refractivity contribution >= 4 is 17.2 Å². The van der Waals surface area contributed by atoms with E-state index in [0.29, 0.717) is 6.42 Å². The van der Waals surface area contributed by atoms with Gasteiger partial charge in [0, 0.05) is 18.9 Å². The number of aryl methyl sites for hydroxylation is 1. The number of carbonyl (C=O) groups is 1. The number of hydrogen-bond donors (Lipinski definition) is 0. The Morgan fingerprint density at radius 3 is 3.15 bits per heavy atom. The minimum absolute atomic E-state index is 0.477. The summed E-state index contributed by atoms with van der Waals surface area (Å²) in [6, 6.07) is 5.94. The van der Waals surface area contributed by atoms with Gasteiger partial charge in [-0.15, -0.1) is 0 Å². The highest BCUT2D eigenvalue weighted by atomic mass is 16.1. The maximum Gasteiger partial charge on any atom is 0.124 e. The lowest BCUT2D eigenvalue weighted by molar-refractivity contribution is -0.107. The molecule has 0 unspecified atom stereocenters. The lowest BCUT2D eigenvalue weighted by atomic mass is 10.1. The molecule has 0 radical (unpaired) electrons. The number of carbonyl (C=O) groups excluding carboxylic acids is 1. The third-order valence-electron chi connectivity index (χ3n) is 2.13. The molecule has 0 atom stereocenters. The third kappa shape index (κ3) is 1.33. The maximum atomic E-state index is 10.3. The molecule has 0 aliphatic heterocycles. The van der Waals surface area contributed by atoms with Gasteiger partial charge in [0.2, 0.25) is 0 Å². The SMILES string of the molecule is Cn1ncc2cc(CC=O)ccc21. The molecule has 2 aromatic rings. The molecule has 1 aromatic heterocycles. The van der Waals surface area contributed by atoms with E-state index in [1.165, 1.54) is 0 Å². The van der Waals surface area contributed by atoms with Crippen molar-refractivity contribution < 1.29 is 4.79 Å². The van der Waals surface area contributed by atoms with Gasteiger partial charge in [-0.1, -0.05) is 6.07 Å². The molecule has 0 aliphatic carbocycles. The largest absolute Gasteiger partial charge is 0.303 e. The number of rotatable bonds is 2. The normalized spacial score (nSPS) is 10.5. The van der Waals surface area contributed by atoms with E-state index in [0.717, 1.165) is 22.8 Å². The van der Waals surface area contributed by atoms with Crippen LogP contribution in [-0.4, -0.2) is 16.1 Å². The Hall–Kier alpha value is -1.64. The predicted octanol–water partition coefficient (Wildman–Crippen LogP) is 1.31. The summed E-state index contributed by atoms with van der Waals surface area (Å²) < 4.78 is 1.82. The summed E-state index contributed by atoms with van der Waals surface area (Å²) in [6.07, 6.45) is 3.20. The molecule has 0 spiro atoms. The molecule has 0 saturated carbocycles. The molecule has 0 bridgehead atoms. The van der Waals surface area contributed by atoms with E-state index >= 15 is 0 Å². The van der Waals surface area contributed by atoms with Crippen molar-refractivity contribution in [1.29, 1.82) is 0 Å². The van der Waals surface area contributed by atoms with Crippen LogP contribution in [0.2, 0.25) is 0 Å². The molecular formula is C10H10N2O. The molecule has 3 nitrogen and oxygen atoms in total. The Morgan fingerprint density at radius 2 is 2.38 bits per heavy atom. The quantitative estimate of drug-likeness (QED) is 0.643. The predicted molar refractivity (Wildman–Crippen MR) is 50.5 cm³/mol. The van der Waals surface area contributed by atoms with Gasteiger partial charge < -0.3 is 4.79 Å². The summed E-state index contributed by atoms with van der Waals surface area (Å²) in [4.78, 5) is 10.3. The second-order valence-electron chi connectivity index (χ2n) is 3.03. The second kappa shape index (κ2) is 3.01. The highest BCUT2D eigenvalue weighted by molar-refractivity contribution is 5.79. The van der Waals surface area contributed by atoms with Crippen molar-refractivity contribution in [3.8, 4) is 0 Å². The number of aromatic nitrogens is 2. The molecule has 1 aromatic carbocycles. The molecule has 0 amide bonds. The van der Waals surface area contributed by atoms with Gasteiger partial charge in [-0.3, -0.25) is 4.68 Å². The fraction of sp³-hybridized carbons (Fsp3) is 0.200. The summed E-state index contributed by atoms with van der Waals surface area (Å²) in [6.45, 7) is 0. The lowest BCUT2D eigenvalue weighted by Gasteiger charge is -1.96. The minimum atomic E-state index is 0.477. The van der Waals surface area contributed by atoms with E-state index < -0.39 is 0 Å². The van der Waals surface area contributed by atoms with Gasteiger partial charge >= 0.3 is 0 Å². The van der Waals surface area contributed by atoms with Crippen molar-refractivity contribution in [2.45, 2.75) is 6.42 Å². The van der Waals surface area contributed by atoms with Crippen LogP contribution in [-0.2, 0) is 18.3 Å². The van der Waals surface area contributed by atoms with Gasteiger partial charge in [0.15, 0.2) is 0 Å². The number of nitrogens with zero attached hydrogens (tertiary/aromatic N) is 2. The molecule has 0 saturated heterocycles. The van der Waals surface area contributed by atoms with Crippen LogP contribution in [0.3, 0.4) is 0 Å². The van der Waals surface area contributed by atoms with E-state index in [4.69, 9.17) is 0 Å². The highest BCUT2D eigenvalue weighted by Crippen LogP contribution is 2.14. The second-order valence-corrected chi connectivity index (χ2v) is 3.03. The first kappa shape index (κ1) is 7.98. The molecule has 3 heteroatoms. The van der Waals surface area contributed by atoms with Gasteiger partial charge in [0.1, 0.15) is 6.29 Å². The molecule has 13 heavy (non-hydrogen) atoms. The summed E-state index contributed by atoms with van der Waals surface area (Å²) in [5, 5.41) is 5.21. The molecule has 0 N–H and O–H groups in total. The smallest absolute Gasteiger partial charge is 0.124 e. The van der Waals surface area contributed by atoms with Gasteiger partial charge in [0.05, 0.1) is 11.7 Å². The average Bonchev–Trinajstić information content (AvgIpc) is 2.48. The number of fused-ring (bicyclic) bond motifs is 1. The van der Waals surface area contributed by atoms with E-state index in [2.05, 4.69) is 5.10 Å². The van der Waals surface area contributed by atoms with Crippen LogP contribution < -0.4 is 0 Å². The number of benzene rings is 1. The van der Waals surface area contributed by atoms with Gasteiger partial charge in [0.25, 0.3) is 0 Å². The fourth-order valence-corrected chi connectivity index (χ4v) is 1.44. The van der Waals surface area contributed by atoms with Gasteiger partial charge in [-0.25, -0.2) is 0 Å². The Labute approximate surface area is 76.0 Å². The minimum Gasteiger partial charge on any atom is -0.303 e. The summed E-state index contributed by atoms with van der Waals surface area (Å²) in [5.74, 6) is 0. The van der Waals surface area contributed by atoms with Crippen LogP contribution in [0.15, 0.2) is 24.4 Å². The highest BCUT2D eigenvalue weighted by Gasteiger charge is 1.99. The van der Waals surface area contributed by atoms with Crippen LogP contribution in [0.25, 0.3) is 10.9 Å². The lowest BCUT2D eigenvalue weighted by Crippen LogP contribution is -1.89. The molecule has 2 rings (SSSR count). The number of hydrogen-bond acceptors (Lipinski definition) is 2. The Bertz CT molecular complexity index is 445. The average molecular weight is 174 g/mol. The Morgan fingerprint density at radius 1 is 1.54 bits per heavy atom. The van der Waals surface area contributed by atoms with Crippen molar-refractivity contribution in [2.75, 3.05) is 0 Å². The van der Waals surface area contributed by atoms with Crippen LogP contribution in [0.5, 0.6) is 0 Å². The first-order valence-corrected chi connectivity index (χ1v) is 4.15. The van der Waals surface area contributed by atoms with Crippen LogP contribution >= 0.6 is 0 Å². The summed E-state index contributed by atoms with van der Waals surface area (Å²) in [5.41, 5.74) is 2.13. The zero-order valence-corrected chi connectivity index (χ0v) is 7.40. The monoisotopic (exact) mass is 174 g/mol. The van der Waals surface area contributed by atoms with Crippen molar-refractivity contribution in [1.82, 2.24) is 9.78 Å². The fourth-order valence-electron chi connectivity index (χ4n) is 1.44. The summed E-state index contributed by atoms with van der Waals surface area (Å²) in [7, 11) is 1.90. The van der Waals surface area contributed by atoms with Crippen molar-refractivity contribution in [3.05, 3.63) is 30.0 Å². The van der Waals surface area contributed by atoms with E-state index in [-0.39, 0.29) is 0 Å². The van der Waals surface area contributed by atoms with Gasteiger partial charge in [-0.05, 0) is 17.7 Å². The maximum absolute atomic E-state index is 10.3. The Kier molecular flexibility index (Phi) is 1.85. The van der Waals surface area contributed by atoms with E-state index in [1.807, 2.05) is 36.1 Å². The van der Waals surface area contributed by atoms with E-state index in [9.17, 15) is 4.79 Å². The molecule has 0 fully saturated rings. The van der Waals surface area contributed by atoms with Crippen LogP contribution in [0.4, 0.5) is 0 Å². The zero-order chi connectivity index (χ0) is 9.26. The molecule has 1 heterocycles. The third-order valence-corrected chi connectivity index (χ3v) is 2.13. The van der Waals surface area contributed by atoms with Crippen LogP contribution in [0.1, 0.15) is 5.56 Å². The van der Waals surface area contributed by atoms with E-state index in [1.54, 1.807) is 0 Å². The standard InChI is InChI=1S/C10H10N2O/c1-12-10-3-2-8(4-5-13)6-9(10)7-11-12/h2-3,5-7H,4H2,1H3. The topological polar surface area (TPSA) is 34.9 Å². The van der Waals surface area contributed by atoms with Gasteiger partial charge in [-0.2, -0.15) is 5.10 Å². The molecule has 66 valence electrons. The first-order chi connectivity index (χ1) is 6.31. The van der Waals surface area contributed by atoms with Crippen LogP contribution in [0, 0.1) is 0 Å². The summed E-state index contributed by atoms with van der Waals surface area (Å²) >= 11 is 0. The first-order valence-electron chi connectivity index (χ1n) is 4.15.